The molecule has 2 aliphatic rings. The molecule has 0 aromatic heterocycles. The highest BCUT2D eigenvalue weighted by Gasteiger charge is 2.42. The third kappa shape index (κ3) is 2.32. The summed E-state index contributed by atoms with van der Waals surface area (Å²) in [6.07, 6.45) is 2.30. The molecule has 1 saturated carbocycles. The van der Waals surface area contributed by atoms with Crippen LogP contribution < -0.4 is 5.73 Å². The number of likely N-dealkylation sites (tertiary alicyclic amines) is 1. The summed E-state index contributed by atoms with van der Waals surface area (Å²) in [6, 6.07) is 6.13. The van der Waals surface area contributed by atoms with Gasteiger partial charge in [-0.25, -0.2) is 0 Å². The minimum absolute atomic E-state index is 0.159. The monoisotopic (exact) mass is 322 g/mol. The molecule has 1 aromatic rings. The van der Waals surface area contributed by atoms with Gasteiger partial charge in [-0.2, -0.15) is 0 Å². The number of benzene rings is 1. The molecule has 1 heterocycles. The Morgan fingerprint density at radius 2 is 2.16 bits per heavy atom. The second-order valence-corrected chi connectivity index (χ2v) is 6.75. The molecule has 0 bridgehead atoms. The SMILES string of the molecule is Cc1cc(Br)ccc1C(=O)N1CC2CCC(N)C2C1. The maximum Gasteiger partial charge on any atom is 0.254 e. The van der Waals surface area contributed by atoms with Gasteiger partial charge in [0, 0.05) is 29.2 Å². The van der Waals surface area contributed by atoms with Crippen LogP contribution in [-0.2, 0) is 0 Å². The summed E-state index contributed by atoms with van der Waals surface area (Å²) in [5, 5.41) is 0. The Labute approximate surface area is 122 Å². The van der Waals surface area contributed by atoms with Crippen molar-refractivity contribution < 1.29 is 4.79 Å². The summed E-state index contributed by atoms with van der Waals surface area (Å²) in [6.45, 7) is 3.70. The van der Waals surface area contributed by atoms with E-state index in [0.717, 1.165) is 35.1 Å². The van der Waals surface area contributed by atoms with Gasteiger partial charge in [-0.3, -0.25) is 4.79 Å². The highest BCUT2D eigenvalue weighted by atomic mass is 79.9. The lowest BCUT2D eigenvalue weighted by Gasteiger charge is -2.20. The van der Waals surface area contributed by atoms with E-state index >= 15 is 0 Å². The summed E-state index contributed by atoms with van der Waals surface area (Å²) in [7, 11) is 0. The van der Waals surface area contributed by atoms with E-state index in [1.165, 1.54) is 6.42 Å². The van der Waals surface area contributed by atoms with Crippen LogP contribution in [0.2, 0.25) is 0 Å². The topological polar surface area (TPSA) is 46.3 Å². The van der Waals surface area contributed by atoms with Crippen molar-refractivity contribution in [1.29, 1.82) is 0 Å². The summed E-state index contributed by atoms with van der Waals surface area (Å²) in [5.41, 5.74) is 7.97. The van der Waals surface area contributed by atoms with Crippen molar-refractivity contribution in [2.45, 2.75) is 25.8 Å². The first-order valence-electron chi connectivity index (χ1n) is 6.87. The Bertz CT molecular complexity index is 517. The van der Waals surface area contributed by atoms with Gasteiger partial charge in [-0.1, -0.05) is 15.9 Å². The van der Waals surface area contributed by atoms with Crippen molar-refractivity contribution >= 4 is 21.8 Å². The van der Waals surface area contributed by atoms with Gasteiger partial charge in [0.15, 0.2) is 0 Å². The van der Waals surface area contributed by atoms with Crippen LogP contribution in [0.25, 0.3) is 0 Å². The third-order valence-corrected chi connectivity index (χ3v) is 5.11. The Morgan fingerprint density at radius 3 is 2.84 bits per heavy atom. The van der Waals surface area contributed by atoms with E-state index in [-0.39, 0.29) is 11.9 Å². The number of nitrogens with two attached hydrogens (primary N) is 1. The zero-order valence-corrected chi connectivity index (χ0v) is 12.7. The molecule has 3 atom stereocenters. The van der Waals surface area contributed by atoms with Crippen LogP contribution in [0.3, 0.4) is 0 Å². The molecule has 4 heteroatoms. The Balaban J connectivity index is 1.78. The molecule has 19 heavy (non-hydrogen) atoms. The number of hydrogen-bond acceptors (Lipinski definition) is 2. The molecule has 1 aliphatic heterocycles. The van der Waals surface area contributed by atoms with Crippen LogP contribution in [0.4, 0.5) is 0 Å². The van der Waals surface area contributed by atoms with E-state index in [1.54, 1.807) is 0 Å². The second-order valence-electron chi connectivity index (χ2n) is 5.83. The molecule has 3 unspecified atom stereocenters. The highest BCUT2D eigenvalue weighted by Crippen LogP contribution is 2.37. The fraction of sp³-hybridized carbons (Fsp3) is 0.533. The lowest BCUT2D eigenvalue weighted by molar-refractivity contribution is 0.0779. The molecular weight excluding hydrogens is 304 g/mol. The van der Waals surface area contributed by atoms with E-state index in [4.69, 9.17) is 5.73 Å². The Kier molecular flexibility index (Phi) is 3.39. The smallest absolute Gasteiger partial charge is 0.254 e. The molecule has 3 rings (SSSR count). The van der Waals surface area contributed by atoms with Gasteiger partial charge in [0.05, 0.1) is 0 Å². The van der Waals surface area contributed by atoms with Crippen LogP contribution in [0, 0.1) is 18.8 Å². The van der Waals surface area contributed by atoms with Crippen LogP contribution in [0.5, 0.6) is 0 Å². The second kappa shape index (κ2) is 4.91. The van der Waals surface area contributed by atoms with Crippen LogP contribution >= 0.6 is 15.9 Å². The largest absolute Gasteiger partial charge is 0.338 e. The third-order valence-electron chi connectivity index (χ3n) is 4.62. The van der Waals surface area contributed by atoms with Crippen LogP contribution in [0.15, 0.2) is 22.7 Å². The van der Waals surface area contributed by atoms with Crippen molar-refractivity contribution in [3.05, 3.63) is 33.8 Å². The van der Waals surface area contributed by atoms with Crippen molar-refractivity contribution in [3.8, 4) is 0 Å². The van der Waals surface area contributed by atoms with Gasteiger partial charge in [0.2, 0.25) is 0 Å². The van der Waals surface area contributed by atoms with E-state index in [0.29, 0.717) is 11.8 Å². The zero-order valence-electron chi connectivity index (χ0n) is 11.1. The normalized spacial score (nSPS) is 29.6. The maximum absolute atomic E-state index is 12.6. The first-order valence-corrected chi connectivity index (χ1v) is 7.66. The number of amides is 1. The molecule has 1 aliphatic carbocycles. The molecule has 1 aromatic carbocycles. The van der Waals surface area contributed by atoms with Crippen LogP contribution in [-0.4, -0.2) is 29.9 Å². The zero-order chi connectivity index (χ0) is 13.6. The van der Waals surface area contributed by atoms with Crippen molar-refractivity contribution in [2.24, 2.45) is 17.6 Å². The van der Waals surface area contributed by atoms with E-state index in [9.17, 15) is 4.79 Å². The standard InChI is InChI=1S/C15H19BrN2O/c1-9-6-11(16)3-4-12(9)15(19)18-7-10-2-5-14(17)13(10)8-18/h3-4,6,10,13-14H,2,5,7-8,17H2,1H3. The van der Waals surface area contributed by atoms with Gasteiger partial charge < -0.3 is 10.6 Å². The molecule has 102 valence electrons. The minimum atomic E-state index is 0.159. The molecular formula is C15H19BrN2O. The number of fused-ring (bicyclic) bond motifs is 1. The lowest BCUT2D eigenvalue weighted by atomic mass is 9.98. The quantitative estimate of drug-likeness (QED) is 0.863. The Hall–Kier alpha value is -0.870. The number of nitrogens with zero attached hydrogens (tertiary/aromatic N) is 1. The van der Waals surface area contributed by atoms with Gasteiger partial charge in [0.1, 0.15) is 0 Å². The predicted molar refractivity (Wildman–Crippen MR) is 79.0 cm³/mol. The molecule has 3 nitrogen and oxygen atoms in total. The van der Waals surface area contributed by atoms with Crippen molar-refractivity contribution in [3.63, 3.8) is 0 Å². The highest BCUT2D eigenvalue weighted by molar-refractivity contribution is 9.10. The molecule has 2 fully saturated rings. The summed E-state index contributed by atoms with van der Waals surface area (Å²) < 4.78 is 1.02. The van der Waals surface area contributed by atoms with Gasteiger partial charge in [0.25, 0.3) is 5.91 Å². The Morgan fingerprint density at radius 1 is 1.37 bits per heavy atom. The van der Waals surface area contributed by atoms with Crippen LogP contribution in [0.1, 0.15) is 28.8 Å². The number of rotatable bonds is 1. The number of carbonyl (C=O) groups excluding carboxylic acids is 1. The average Bonchev–Trinajstić information content (AvgIpc) is 2.91. The van der Waals surface area contributed by atoms with Gasteiger partial charge in [-0.05, 0) is 55.4 Å². The fourth-order valence-electron chi connectivity index (χ4n) is 3.51. The molecule has 1 amide bonds. The molecule has 0 spiro atoms. The summed E-state index contributed by atoms with van der Waals surface area (Å²) in [5.74, 6) is 1.29. The van der Waals surface area contributed by atoms with Crippen molar-refractivity contribution in [2.75, 3.05) is 13.1 Å². The number of carbonyl (C=O) groups is 1. The summed E-state index contributed by atoms with van der Waals surface area (Å²) >= 11 is 3.43. The minimum Gasteiger partial charge on any atom is -0.338 e. The lowest BCUT2D eigenvalue weighted by Crippen LogP contribution is -2.33. The first-order chi connectivity index (χ1) is 9.06. The maximum atomic E-state index is 12.6. The number of halogens is 1. The molecule has 0 radical (unpaired) electrons. The molecule has 1 saturated heterocycles. The number of hydrogen-bond donors (Lipinski definition) is 1. The van der Waals surface area contributed by atoms with Crippen molar-refractivity contribution in [1.82, 2.24) is 4.90 Å². The number of aryl methyl sites for hydroxylation is 1. The fourth-order valence-corrected chi connectivity index (χ4v) is 3.99. The average molecular weight is 323 g/mol. The van der Waals surface area contributed by atoms with E-state index < -0.39 is 0 Å². The molecule has 2 N–H and O–H groups in total. The first kappa shape index (κ1) is 13.1. The predicted octanol–water partition coefficient (Wildman–Crippen LogP) is 2.57. The van der Waals surface area contributed by atoms with E-state index in [1.807, 2.05) is 30.0 Å². The van der Waals surface area contributed by atoms with Gasteiger partial charge >= 0.3 is 0 Å². The summed E-state index contributed by atoms with van der Waals surface area (Å²) in [4.78, 5) is 14.6. The van der Waals surface area contributed by atoms with E-state index in [2.05, 4.69) is 15.9 Å². The van der Waals surface area contributed by atoms with Gasteiger partial charge in [-0.15, -0.1) is 0 Å².